The van der Waals surface area contributed by atoms with Crippen LogP contribution in [0.25, 0.3) is 6.08 Å². The molecule has 2 aliphatic rings. The molecule has 0 radical (unpaired) electrons. The Morgan fingerprint density at radius 1 is 0.941 bits per heavy atom. The molecule has 2 nitrogen and oxygen atoms in total. The third-order valence-corrected chi connectivity index (χ3v) is 25.4. The second-order valence-electron chi connectivity index (χ2n) is 11.3. The first kappa shape index (κ1) is 28.0. The summed E-state index contributed by atoms with van der Waals surface area (Å²) in [5.74, 6) is 0.999. The van der Waals surface area contributed by atoms with Crippen molar-refractivity contribution in [2.24, 2.45) is 5.92 Å². The fourth-order valence-electron chi connectivity index (χ4n) is 6.84. The quantitative estimate of drug-likeness (QED) is 0.226. The maximum atomic E-state index is 12.9. The molecule has 1 aromatic carbocycles. The van der Waals surface area contributed by atoms with E-state index in [0.717, 1.165) is 6.42 Å². The molecule has 3 heteroatoms. The molecule has 1 N–H and O–H groups in total. The van der Waals surface area contributed by atoms with Crippen LogP contribution < -0.4 is 5.32 Å². The number of piperidine rings is 1. The first-order valence-corrected chi connectivity index (χ1v) is 22.0. The molecule has 0 aromatic heterocycles. The third kappa shape index (κ3) is 6.78. The van der Waals surface area contributed by atoms with Gasteiger partial charge in [-0.05, 0) is 0 Å². The molecule has 34 heavy (non-hydrogen) atoms. The summed E-state index contributed by atoms with van der Waals surface area (Å²) in [5, 5.41) is 3.74. The summed E-state index contributed by atoms with van der Waals surface area (Å²) in [6.45, 7) is 11.6. The van der Waals surface area contributed by atoms with Crippen LogP contribution in [0.5, 0.6) is 0 Å². The number of ketones is 1. The van der Waals surface area contributed by atoms with Crippen molar-refractivity contribution in [3.8, 4) is 0 Å². The Bertz CT molecular complexity index is 776. The molecule has 4 unspecified atom stereocenters. The summed E-state index contributed by atoms with van der Waals surface area (Å²) in [6.07, 6.45) is 15.0. The van der Waals surface area contributed by atoms with Crippen LogP contribution in [0.3, 0.4) is 0 Å². The Hall–Kier alpha value is -0.611. The summed E-state index contributed by atoms with van der Waals surface area (Å²) in [6, 6.07) is 10.4. The van der Waals surface area contributed by atoms with E-state index in [-0.39, 0.29) is 5.92 Å². The Kier molecular flexibility index (Phi) is 11.2. The predicted molar refractivity (Wildman–Crippen MR) is 151 cm³/mol. The van der Waals surface area contributed by atoms with Crippen molar-refractivity contribution in [3.63, 3.8) is 0 Å². The number of carbonyl (C=O) groups is 1. The SMILES string of the molecule is CCC[CH2][Sn]([CH2]CCC)([CH2]CCC)/[C](C)=C\c1ccc(C2CC3CCC(N3)C2C(=O)CC)cc1. The topological polar surface area (TPSA) is 29.1 Å². The van der Waals surface area contributed by atoms with Crippen molar-refractivity contribution in [3.05, 3.63) is 39.0 Å². The number of carbonyl (C=O) groups excluding carboxylic acids is 1. The minimum atomic E-state index is -2.33. The number of Topliss-reactive ketones (excluding diaryl/α,β-unsaturated/α-hetero) is 1. The minimum absolute atomic E-state index is 0.160. The first-order valence-electron chi connectivity index (χ1n) is 14.5. The van der Waals surface area contributed by atoms with Gasteiger partial charge in [-0.3, -0.25) is 0 Å². The van der Waals surface area contributed by atoms with Gasteiger partial charge in [0.25, 0.3) is 0 Å². The van der Waals surface area contributed by atoms with E-state index in [1.165, 1.54) is 75.8 Å². The first-order chi connectivity index (χ1) is 16.5. The Labute approximate surface area is 214 Å². The molecule has 0 spiro atoms. The third-order valence-electron chi connectivity index (χ3n) is 9.01. The standard InChI is InChI=1S/C19H24NO.3C4H9.Sn/c1-3-5-13-6-8-14(9-7-13)16-12-15-10-11-17(20-15)19(16)18(21)4-2;3*1-3-4-2;/h5-9,15-17,19-20H,4,10-12H2,1-2H3;3*1,3-4H2,2H3;. The van der Waals surface area contributed by atoms with Crippen molar-refractivity contribution >= 4 is 30.2 Å². The van der Waals surface area contributed by atoms with Crippen molar-refractivity contribution in [2.45, 2.75) is 130 Å². The zero-order valence-electron chi connectivity index (χ0n) is 22.8. The van der Waals surface area contributed by atoms with Gasteiger partial charge in [-0.25, -0.2) is 0 Å². The molecular formula is C31H51NOSn. The van der Waals surface area contributed by atoms with Gasteiger partial charge in [-0.1, -0.05) is 0 Å². The van der Waals surface area contributed by atoms with Crippen molar-refractivity contribution in [1.29, 1.82) is 0 Å². The zero-order valence-corrected chi connectivity index (χ0v) is 25.7. The molecule has 2 aliphatic heterocycles. The van der Waals surface area contributed by atoms with Gasteiger partial charge in [0.1, 0.15) is 0 Å². The van der Waals surface area contributed by atoms with E-state index >= 15 is 0 Å². The number of fused-ring (bicyclic) bond motifs is 2. The molecule has 2 saturated heterocycles. The molecule has 2 bridgehead atoms. The molecule has 190 valence electrons. The second kappa shape index (κ2) is 13.6. The van der Waals surface area contributed by atoms with E-state index < -0.39 is 18.4 Å². The van der Waals surface area contributed by atoms with E-state index in [2.05, 4.69) is 63.4 Å². The van der Waals surface area contributed by atoms with Crippen LogP contribution in [0, 0.1) is 5.92 Å². The van der Waals surface area contributed by atoms with Crippen LogP contribution in [-0.2, 0) is 4.79 Å². The summed E-state index contributed by atoms with van der Waals surface area (Å²) in [4.78, 5) is 12.9. The molecular weight excluding hydrogens is 521 g/mol. The molecule has 2 fully saturated rings. The average Bonchev–Trinajstić information content (AvgIpc) is 3.24. The van der Waals surface area contributed by atoms with Gasteiger partial charge in [0.15, 0.2) is 0 Å². The monoisotopic (exact) mass is 573 g/mol. The molecule has 0 aliphatic carbocycles. The molecule has 0 saturated carbocycles. The van der Waals surface area contributed by atoms with E-state index in [0.29, 0.717) is 30.2 Å². The molecule has 3 rings (SSSR count). The van der Waals surface area contributed by atoms with Gasteiger partial charge in [0, 0.05) is 0 Å². The number of hydrogen-bond donors (Lipinski definition) is 1. The molecule has 2 heterocycles. The van der Waals surface area contributed by atoms with Gasteiger partial charge < -0.3 is 0 Å². The van der Waals surface area contributed by atoms with Crippen molar-refractivity contribution in [2.75, 3.05) is 0 Å². The van der Waals surface area contributed by atoms with Gasteiger partial charge in [-0.15, -0.1) is 0 Å². The predicted octanol–water partition coefficient (Wildman–Crippen LogP) is 8.68. The van der Waals surface area contributed by atoms with E-state index in [1.807, 2.05) is 6.92 Å². The summed E-state index contributed by atoms with van der Waals surface area (Å²) >= 11 is -2.33. The summed E-state index contributed by atoms with van der Waals surface area (Å²) < 4.78 is 6.38. The van der Waals surface area contributed by atoms with Gasteiger partial charge >= 0.3 is 215 Å². The van der Waals surface area contributed by atoms with Crippen LogP contribution in [0.2, 0.25) is 13.3 Å². The van der Waals surface area contributed by atoms with Crippen LogP contribution in [0.4, 0.5) is 0 Å². The van der Waals surface area contributed by atoms with Gasteiger partial charge in [-0.2, -0.15) is 0 Å². The Morgan fingerprint density at radius 2 is 1.53 bits per heavy atom. The summed E-state index contributed by atoms with van der Waals surface area (Å²) in [5.41, 5.74) is 2.76. The number of unbranched alkanes of at least 4 members (excludes halogenated alkanes) is 3. The van der Waals surface area contributed by atoms with Gasteiger partial charge in [0.2, 0.25) is 0 Å². The Balaban J connectivity index is 1.83. The van der Waals surface area contributed by atoms with E-state index in [1.54, 1.807) is 3.59 Å². The average molecular weight is 572 g/mol. The van der Waals surface area contributed by atoms with E-state index in [4.69, 9.17) is 0 Å². The van der Waals surface area contributed by atoms with Crippen LogP contribution in [0.15, 0.2) is 27.9 Å². The van der Waals surface area contributed by atoms with Crippen LogP contribution >= 0.6 is 0 Å². The number of benzene rings is 1. The van der Waals surface area contributed by atoms with Gasteiger partial charge in [0.05, 0.1) is 0 Å². The van der Waals surface area contributed by atoms with Crippen molar-refractivity contribution in [1.82, 2.24) is 5.32 Å². The molecule has 4 atom stereocenters. The fraction of sp³-hybridized carbons (Fsp3) is 0.710. The van der Waals surface area contributed by atoms with E-state index in [9.17, 15) is 4.79 Å². The summed E-state index contributed by atoms with van der Waals surface area (Å²) in [7, 11) is 0. The fourth-order valence-corrected chi connectivity index (χ4v) is 22.5. The molecule has 0 amide bonds. The number of nitrogens with one attached hydrogen (secondary N) is 1. The zero-order chi connectivity index (χ0) is 24.6. The maximum absolute atomic E-state index is 12.9. The number of allylic oxidation sites excluding steroid dienone is 1. The number of hydrogen-bond acceptors (Lipinski definition) is 2. The number of rotatable bonds is 14. The second-order valence-corrected chi connectivity index (χ2v) is 25.2. The van der Waals surface area contributed by atoms with Crippen LogP contribution in [-0.4, -0.2) is 36.2 Å². The molecule has 1 aromatic rings. The van der Waals surface area contributed by atoms with Crippen molar-refractivity contribution < 1.29 is 4.79 Å². The Morgan fingerprint density at radius 3 is 2.06 bits per heavy atom. The van der Waals surface area contributed by atoms with Crippen LogP contribution in [0.1, 0.15) is 116 Å². The normalized spacial score (nSPS) is 25.0.